The van der Waals surface area contributed by atoms with Crippen LogP contribution in [-0.4, -0.2) is 24.1 Å². The van der Waals surface area contributed by atoms with Crippen LogP contribution < -0.4 is 0 Å². The third-order valence-electron chi connectivity index (χ3n) is 4.96. The van der Waals surface area contributed by atoms with Gasteiger partial charge < -0.3 is 4.74 Å². The number of rotatable bonds is 2. The maximum atomic E-state index is 6.47. The number of piperidine rings is 1. The zero-order valence-electron chi connectivity index (χ0n) is 12.8. The van der Waals surface area contributed by atoms with Gasteiger partial charge in [0.25, 0.3) is 0 Å². The van der Waals surface area contributed by atoms with E-state index >= 15 is 0 Å². The normalized spacial score (nSPS) is 24.1. The molecule has 0 radical (unpaired) electrons. The van der Waals surface area contributed by atoms with Crippen molar-refractivity contribution in [2.24, 2.45) is 0 Å². The lowest BCUT2D eigenvalue weighted by Crippen LogP contribution is -2.44. The van der Waals surface area contributed by atoms with Crippen molar-refractivity contribution in [3.63, 3.8) is 0 Å². The van der Waals surface area contributed by atoms with E-state index < -0.39 is 0 Å². The Morgan fingerprint density at radius 1 is 1.17 bits per heavy atom. The second-order valence-electron chi connectivity index (χ2n) is 6.39. The lowest BCUT2D eigenvalue weighted by Gasteiger charge is -2.42. The number of fused-ring (bicyclic) bond motifs is 3. The van der Waals surface area contributed by atoms with E-state index in [2.05, 4.69) is 63.3 Å². The van der Waals surface area contributed by atoms with Gasteiger partial charge in [0, 0.05) is 35.6 Å². The van der Waals surface area contributed by atoms with E-state index in [4.69, 9.17) is 16.3 Å². The third-order valence-corrected chi connectivity index (χ3v) is 6.28. The minimum atomic E-state index is 0.326. The first-order chi connectivity index (χ1) is 11.2. The highest BCUT2D eigenvalue weighted by Gasteiger charge is 2.36. The van der Waals surface area contributed by atoms with E-state index in [1.54, 1.807) is 0 Å². The van der Waals surface area contributed by atoms with Crippen molar-refractivity contribution in [1.29, 1.82) is 0 Å². The molecule has 0 aliphatic carbocycles. The predicted molar refractivity (Wildman–Crippen MR) is 96.8 cm³/mol. The van der Waals surface area contributed by atoms with Crippen molar-refractivity contribution < 1.29 is 4.74 Å². The molecule has 2 heterocycles. The predicted octanol–water partition coefficient (Wildman–Crippen LogP) is 4.99. The number of ether oxygens (including phenoxy) is 1. The van der Waals surface area contributed by atoms with Crippen LogP contribution in [-0.2, 0) is 17.9 Å². The van der Waals surface area contributed by atoms with Gasteiger partial charge in [-0.1, -0.05) is 48.0 Å². The summed E-state index contributed by atoms with van der Waals surface area (Å²) in [5.41, 5.74) is 3.90. The summed E-state index contributed by atoms with van der Waals surface area (Å²) in [5, 5.41) is 0.807. The first-order valence-corrected chi connectivity index (χ1v) is 9.24. The number of hydrogen-bond acceptors (Lipinski definition) is 2. The van der Waals surface area contributed by atoms with Crippen LogP contribution in [0.4, 0.5) is 0 Å². The van der Waals surface area contributed by atoms with Gasteiger partial charge in [-0.05, 0) is 39.5 Å². The first-order valence-electron chi connectivity index (χ1n) is 8.07. The van der Waals surface area contributed by atoms with Gasteiger partial charge in [-0.3, -0.25) is 4.90 Å². The number of hydrogen-bond donors (Lipinski definition) is 0. The van der Waals surface area contributed by atoms with E-state index in [1.807, 2.05) is 0 Å². The summed E-state index contributed by atoms with van der Waals surface area (Å²) < 4.78 is 7.07. The van der Waals surface area contributed by atoms with Crippen LogP contribution in [0.3, 0.4) is 0 Å². The standard InChI is InChI=1S/C19H19BrClNO/c20-17-7-6-14-15-11-22(10-13-4-2-1-3-5-13)9-8-18(15)23-12-16(14)19(17)21/h1-7,15,18H,8-12H2/t15-,18-/m0/s1. The van der Waals surface area contributed by atoms with Gasteiger partial charge in [-0.25, -0.2) is 0 Å². The summed E-state index contributed by atoms with van der Waals surface area (Å²) in [6, 6.07) is 15.0. The average Bonchev–Trinajstić information content (AvgIpc) is 2.59. The Hall–Kier alpha value is -0.870. The van der Waals surface area contributed by atoms with E-state index in [9.17, 15) is 0 Å². The lowest BCUT2D eigenvalue weighted by atomic mass is 9.83. The second kappa shape index (κ2) is 6.56. The van der Waals surface area contributed by atoms with Gasteiger partial charge in [0.2, 0.25) is 0 Å². The van der Waals surface area contributed by atoms with Gasteiger partial charge in [0.1, 0.15) is 0 Å². The van der Waals surface area contributed by atoms with Crippen molar-refractivity contribution >= 4 is 27.5 Å². The van der Waals surface area contributed by atoms with Gasteiger partial charge in [-0.2, -0.15) is 0 Å². The van der Waals surface area contributed by atoms with E-state index in [0.29, 0.717) is 18.6 Å². The Morgan fingerprint density at radius 2 is 2.00 bits per heavy atom. The molecule has 0 unspecified atom stereocenters. The number of likely N-dealkylation sites (tertiary alicyclic amines) is 1. The SMILES string of the molecule is Clc1c(Br)ccc2c1CO[C@H]1CCN(Cc3ccccc3)C[C@@H]21. The van der Waals surface area contributed by atoms with E-state index in [-0.39, 0.29) is 0 Å². The van der Waals surface area contributed by atoms with Crippen LogP contribution in [0.25, 0.3) is 0 Å². The van der Waals surface area contributed by atoms with Crippen LogP contribution in [0.1, 0.15) is 29.0 Å². The Labute approximate surface area is 150 Å². The molecule has 23 heavy (non-hydrogen) atoms. The van der Waals surface area contributed by atoms with Crippen LogP contribution in [0.2, 0.25) is 5.02 Å². The Bertz CT molecular complexity index is 706. The summed E-state index contributed by atoms with van der Waals surface area (Å²) in [4.78, 5) is 2.53. The van der Waals surface area contributed by atoms with Crippen LogP contribution in [0.15, 0.2) is 46.9 Å². The zero-order valence-corrected chi connectivity index (χ0v) is 15.2. The van der Waals surface area contributed by atoms with E-state index in [0.717, 1.165) is 41.1 Å². The van der Waals surface area contributed by atoms with Gasteiger partial charge >= 0.3 is 0 Å². The summed E-state index contributed by atoms with van der Waals surface area (Å²) in [6.45, 7) is 3.76. The average molecular weight is 393 g/mol. The largest absolute Gasteiger partial charge is 0.373 e. The number of halogens is 2. The highest BCUT2D eigenvalue weighted by molar-refractivity contribution is 9.10. The molecule has 0 saturated carbocycles. The maximum Gasteiger partial charge on any atom is 0.0738 e. The first kappa shape index (κ1) is 15.6. The molecule has 1 fully saturated rings. The molecule has 4 rings (SSSR count). The minimum absolute atomic E-state index is 0.326. The van der Waals surface area contributed by atoms with E-state index in [1.165, 1.54) is 11.1 Å². The molecule has 2 aliphatic heterocycles. The summed E-state index contributed by atoms with van der Waals surface area (Å²) in [6.07, 6.45) is 1.41. The van der Waals surface area contributed by atoms with Crippen molar-refractivity contribution in [3.8, 4) is 0 Å². The van der Waals surface area contributed by atoms with Gasteiger partial charge in [0.15, 0.2) is 0 Å². The van der Waals surface area contributed by atoms with Crippen LogP contribution >= 0.6 is 27.5 Å². The highest BCUT2D eigenvalue weighted by atomic mass is 79.9. The number of nitrogens with zero attached hydrogens (tertiary/aromatic N) is 1. The van der Waals surface area contributed by atoms with Crippen LogP contribution in [0, 0.1) is 0 Å². The Kier molecular flexibility index (Phi) is 4.46. The summed E-state index contributed by atoms with van der Waals surface area (Å²) in [5.74, 6) is 0.418. The van der Waals surface area contributed by atoms with Crippen molar-refractivity contribution in [3.05, 3.63) is 68.7 Å². The Morgan fingerprint density at radius 3 is 2.83 bits per heavy atom. The fraction of sp³-hybridized carbons (Fsp3) is 0.368. The van der Waals surface area contributed by atoms with Crippen LogP contribution in [0.5, 0.6) is 0 Å². The molecule has 0 aromatic heterocycles. The van der Waals surface area contributed by atoms with Crippen molar-refractivity contribution in [1.82, 2.24) is 4.90 Å². The van der Waals surface area contributed by atoms with Crippen molar-refractivity contribution in [2.45, 2.75) is 31.6 Å². The fourth-order valence-electron chi connectivity index (χ4n) is 3.77. The molecule has 2 nitrogen and oxygen atoms in total. The molecule has 0 amide bonds. The monoisotopic (exact) mass is 391 g/mol. The highest BCUT2D eigenvalue weighted by Crippen LogP contribution is 2.41. The molecule has 0 spiro atoms. The quantitative estimate of drug-likeness (QED) is 0.714. The zero-order chi connectivity index (χ0) is 15.8. The minimum Gasteiger partial charge on any atom is -0.373 e. The maximum absolute atomic E-state index is 6.47. The lowest BCUT2D eigenvalue weighted by molar-refractivity contribution is -0.0325. The Balaban J connectivity index is 1.57. The molecule has 2 aromatic rings. The molecular weight excluding hydrogens is 374 g/mol. The van der Waals surface area contributed by atoms with Gasteiger partial charge in [-0.15, -0.1) is 0 Å². The van der Waals surface area contributed by atoms with Crippen molar-refractivity contribution in [2.75, 3.05) is 13.1 Å². The molecule has 2 aliphatic rings. The molecule has 4 heteroatoms. The van der Waals surface area contributed by atoms with Gasteiger partial charge in [0.05, 0.1) is 17.7 Å². The fourth-order valence-corrected chi connectivity index (χ4v) is 4.37. The molecule has 0 bridgehead atoms. The molecule has 120 valence electrons. The molecule has 2 aromatic carbocycles. The molecule has 0 N–H and O–H groups in total. The number of benzene rings is 2. The molecular formula is C19H19BrClNO. The smallest absolute Gasteiger partial charge is 0.0738 e. The molecule has 1 saturated heterocycles. The third kappa shape index (κ3) is 3.08. The molecule has 2 atom stereocenters. The summed E-state index contributed by atoms with van der Waals surface area (Å²) in [7, 11) is 0. The summed E-state index contributed by atoms with van der Waals surface area (Å²) >= 11 is 9.99. The second-order valence-corrected chi connectivity index (χ2v) is 7.63. The topological polar surface area (TPSA) is 12.5 Å².